The van der Waals surface area contributed by atoms with Gasteiger partial charge in [-0.25, -0.2) is 0 Å². The van der Waals surface area contributed by atoms with E-state index < -0.39 is 0 Å². The molecule has 1 aromatic rings. The molecule has 1 amide bonds. The molecule has 0 bridgehead atoms. The van der Waals surface area contributed by atoms with E-state index in [1.54, 1.807) is 0 Å². The number of nitrogens with zero attached hydrogens (tertiary/aromatic N) is 4. The van der Waals surface area contributed by atoms with Gasteiger partial charge in [0.05, 0.1) is 13.2 Å². The SMILES string of the molecule is CCCCn1nnc(C(=O)NCC2CCOC2)n1. The molecule has 7 nitrogen and oxygen atoms in total. The first kappa shape index (κ1) is 12.9. The second-order valence-electron chi connectivity index (χ2n) is 4.50. The molecule has 1 N–H and O–H groups in total. The number of carbonyl (C=O) groups excluding carboxylic acids is 1. The van der Waals surface area contributed by atoms with Gasteiger partial charge in [0.1, 0.15) is 0 Å². The first-order valence-electron chi connectivity index (χ1n) is 6.43. The summed E-state index contributed by atoms with van der Waals surface area (Å²) >= 11 is 0. The van der Waals surface area contributed by atoms with Crippen LogP contribution in [0.4, 0.5) is 0 Å². The number of amides is 1. The summed E-state index contributed by atoms with van der Waals surface area (Å²) in [6.45, 7) is 4.91. The van der Waals surface area contributed by atoms with Crippen LogP contribution in [0, 0.1) is 5.92 Å². The first-order valence-corrected chi connectivity index (χ1v) is 6.43. The number of tetrazole rings is 1. The maximum atomic E-state index is 11.8. The summed E-state index contributed by atoms with van der Waals surface area (Å²) in [5.74, 6) is 0.291. The Hall–Kier alpha value is -1.50. The van der Waals surface area contributed by atoms with Gasteiger partial charge in [0.2, 0.25) is 0 Å². The van der Waals surface area contributed by atoms with Gasteiger partial charge < -0.3 is 10.1 Å². The quantitative estimate of drug-likeness (QED) is 0.785. The number of rotatable bonds is 6. The van der Waals surface area contributed by atoms with Crippen molar-refractivity contribution in [2.75, 3.05) is 19.8 Å². The van der Waals surface area contributed by atoms with Gasteiger partial charge in [-0.1, -0.05) is 13.3 Å². The summed E-state index contributed by atoms with van der Waals surface area (Å²) in [6, 6.07) is 0. The minimum atomic E-state index is -0.260. The molecule has 1 unspecified atom stereocenters. The van der Waals surface area contributed by atoms with Crippen molar-refractivity contribution in [3.8, 4) is 0 Å². The van der Waals surface area contributed by atoms with Crippen LogP contribution < -0.4 is 5.32 Å². The summed E-state index contributed by atoms with van der Waals surface area (Å²) in [5.41, 5.74) is 0. The number of unbranched alkanes of at least 4 members (excludes halogenated alkanes) is 1. The fourth-order valence-electron chi connectivity index (χ4n) is 1.79. The Morgan fingerprint density at radius 1 is 1.61 bits per heavy atom. The number of nitrogens with one attached hydrogen (secondary N) is 1. The lowest BCUT2D eigenvalue weighted by Crippen LogP contribution is -2.30. The zero-order valence-corrected chi connectivity index (χ0v) is 10.6. The molecular weight excluding hydrogens is 234 g/mol. The minimum Gasteiger partial charge on any atom is -0.381 e. The van der Waals surface area contributed by atoms with Crippen molar-refractivity contribution in [3.05, 3.63) is 5.82 Å². The van der Waals surface area contributed by atoms with Crippen molar-refractivity contribution in [1.82, 2.24) is 25.5 Å². The largest absolute Gasteiger partial charge is 0.381 e. The number of hydrogen-bond acceptors (Lipinski definition) is 5. The number of aromatic nitrogens is 4. The van der Waals surface area contributed by atoms with Gasteiger partial charge in [-0.2, -0.15) is 4.80 Å². The molecular formula is C11H19N5O2. The molecule has 2 heterocycles. The van der Waals surface area contributed by atoms with Gasteiger partial charge in [0.15, 0.2) is 0 Å². The summed E-state index contributed by atoms with van der Waals surface area (Å²) in [6.07, 6.45) is 3.04. The first-order chi connectivity index (χ1) is 8.79. The van der Waals surface area contributed by atoms with E-state index in [0.717, 1.165) is 32.5 Å². The van der Waals surface area contributed by atoms with Crippen LogP contribution in [0.15, 0.2) is 0 Å². The van der Waals surface area contributed by atoms with E-state index in [0.29, 0.717) is 19.0 Å². The zero-order chi connectivity index (χ0) is 12.8. The molecule has 100 valence electrons. The van der Waals surface area contributed by atoms with E-state index in [2.05, 4.69) is 27.7 Å². The van der Waals surface area contributed by atoms with Gasteiger partial charge in [-0.05, 0) is 18.1 Å². The Morgan fingerprint density at radius 3 is 3.22 bits per heavy atom. The lowest BCUT2D eigenvalue weighted by Gasteiger charge is -2.06. The average Bonchev–Trinajstić information content (AvgIpc) is 3.04. The molecule has 0 aliphatic carbocycles. The predicted octanol–water partition coefficient (Wildman–Crippen LogP) is 0.239. The third kappa shape index (κ3) is 3.49. The molecule has 0 radical (unpaired) electrons. The highest BCUT2D eigenvalue weighted by Crippen LogP contribution is 2.10. The minimum absolute atomic E-state index is 0.144. The van der Waals surface area contributed by atoms with Crippen LogP contribution in [0.25, 0.3) is 0 Å². The zero-order valence-electron chi connectivity index (χ0n) is 10.6. The number of carbonyl (C=O) groups is 1. The predicted molar refractivity (Wildman–Crippen MR) is 64.0 cm³/mol. The van der Waals surface area contributed by atoms with Crippen LogP contribution in [-0.4, -0.2) is 45.9 Å². The van der Waals surface area contributed by atoms with Crippen LogP contribution in [0.5, 0.6) is 0 Å². The van der Waals surface area contributed by atoms with Gasteiger partial charge in [0, 0.05) is 19.1 Å². The van der Waals surface area contributed by atoms with Crippen molar-refractivity contribution in [3.63, 3.8) is 0 Å². The maximum Gasteiger partial charge on any atom is 0.292 e. The van der Waals surface area contributed by atoms with Gasteiger partial charge >= 0.3 is 0 Å². The molecule has 7 heteroatoms. The molecule has 1 aliphatic rings. The number of ether oxygens (including phenoxy) is 1. The van der Waals surface area contributed by atoms with Gasteiger partial charge in [-0.3, -0.25) is 4.79 Å². The molecule has 0 spiro atoms. The third-order valence-electron chi connectivity index (χ3n) is 2.94. The molecule has 2 rings (SSSR count). The second kappa shape index (κ2) is 6.44. The van der Waals surface area contributed by atoms with Crippen molar-refractivity contribution in [2.45, 2.75) is 32.7 Å². The Bertz CT molecular complexity index is 387. The van der Waals surface area contributed by atoms with Crippen molar-refractivity contribution in [1.29, 1.82) is 0 Å². The van der Waals surface area contributed by atoms with Gasteiger partial charge in [-0.15, -0.1) is 10.2 Å². The Labute approximate surface area is 106 Å². The van der Waals surface area contributed by atoms with Crippen molar-refractivity contribution in [2.24, 2.45) is 5.92 Å². The maximum absolute atomic E-state index is 11.8. The van der Waals surface area contributed by atoms with Crippen LogP contribution in [0.2, 0.25) is 0 Å². The van der Waals surface area contributed by atoms with E-state index in [9.17, 15) is 4.79 Å². The van der Waals surface area contributed by atoms with Crippen LogP contribution in [-0.2, 0) is 11.3 Å². The van der Waals surface area contributed by atoms with Crippen LogP contribution >= 0.6 is 0 Å². The highest BCUT2D eigenvalue weighted by molar-refractivity contribution is 5.90. The summed E-state index contributed by atoms with van der Waals surface area (Å²) < 4.78 is 5.24. The second-order valence-corrected chi connectivity index (χ2v) is 4.50. The fraction of sp³-hybridized carbons (Fsp3) is 0.818. The van der Waals surface area contributed by atoms with Crippen molar-refractivity contribution < 1.29 is 9.53 Å². The Morgan fingerprint density at radius 2 is 2.50 bits per heavy atom. The fourth-order valence-corrected chi connectivity index (χ4v) is 1.79. The molecule has 1 saturated heterocycles. The monoisotopic (exact) mass is 253 g/mol. The summed E-state index contributed by atoms with van der Waals surface area (Å²) in [4.78, 5) is 13.2. The van der Waals surface area contributed by atoms with Crippen molar-refractivity contribution >= 4 is 5.91 Å². The molecule has 0 aromatic carbocycles. The van der Waals surface area contributed by atoms with E-state index in [1.165, 1.54) is 4.80 Å². The molecule has 18 heavy (non-hydrogen) atoms. The normalized spacial score (nSPS) is 19.1. The standard InChI is InChI=1S/C11H19N5O2/c1-2-3-5-16-14-10(13-15-16)11(17)12-7-9-4-6-18-8-9/h9H,2-8H2,1H3,(H,12,17). The lowest BCUT2D eigenvalue weighted by molar-refractivity contribution is 0.0934. The van der Waals surface area contributed by atoms with E-state index in [4.69, 9.17) is 4.74 Å². The topological polar surface area (TPSA) is 81.9 Å². The number of aryl methyl sites for hydroxylation is 1. The Kier molecular flexibility index (Phi) is 4.63. The average molecular weight is 253 g/mol. The smallest absolute Gasteiger partial charge is 0.292 e. The summed E-state index contributed by atoms with van der Waals surface area (Å²) in [7, 11) is 0. The lowest BCUT2D eigenvalue weighted by atomic mass is 10.1. The van der Waals surface area contributed by atoms with Crippen LogP contribution in [0.3, 0.4) is 0 Å². The highest BCUT2D eigenvalue weighted by atomic mass is 16.5. The molecule has 0 saturated carbocycles. The molecule has 1 aliphatic heterocycles. The highest BCUT2D eigenvalue weighted by Gasteiger charge is 2.18. The Balaban J connectivity index is 1.78. The third-order valence-corrected chi connectivity index (χ3v) is 2.94. The van der Waals surface area contributed by atoms with Gasteiger partial charge in [0.25, 0.3) is 11.7 Å². The van der Waals surface area contributed by atoms with Crippen LogP contribution in [0.1, 0.15) is 36.8 Å². The molecule has 1 fully saturated rings. The number of hydrogen-bond donors (Lipinski definition) is 1. The van der Waals surface area contributed by atoms with E-state index in [1.807, 2.05) is 0 Å². The summed E-state index contributed by atoms with van der Waals surface area (Å²) in [5, 5.41) is 14.5. The molecule has 1 aromatic heterocycles. The van der Waals surface area contributed by atoms with E-state index >= 15 is 0 Å². The van der Waals surface area contributed by atoms with E-state index in [-0.39, 0.29) is 11.7 Å². The molecule has 1 atom stereocenters.